The minimum atomic E-state index is -0.390. The van der Waals surface area contributed by atoms with Crippen molar-refractivity contribution in [3.8, 4) is 11.1 Å². The lowest BCUT2D eigenvalue weighted by Gasteiger charge is -2.25. The SMILES string of the molecule is C=CCN1CCN(C(=O)C2CCCO2)CC(Cc2cccc(-c3ccc(F)cc3)c2)C1=O. The zero-order valence-electron chi connectivity index (χ0n) is 18.2. The first-order chi connectivity index (χ1) is 15.5. The summed E-state index contributed by atoms with van der Waals surface area (Å²) in [5.74, 6) is -0.584. The summed E-state index contributed by atoms with van der Waals surface area (Å²) in [6.45, 7) is 6.24. The van der Waals surface area contributed by atoms with Gasteiger partial charge in [0.15, 0.2) is 0 Å². The number of hydrogen-bond donors (Lipinski definition) is 0. The molecule has 0 radical (unpaired) electrons. The van der Waals surface area contributed by atoms with Crippen LogP contribution in [0.5, 0.6) is 0 Å². The average Bonchev–Trinajstić information content (AvgIpc) is 3.30. The first kappa shape index (κ1) is 22.2. The molecule has 5 nitrogen and oxygen atoms in total. The van der Waals surface area contributed by atoms with Gasteiger partial charge in [-0.1, -0.05) is 42.5 Å². The summed E-state index contributed by atoms with van der Waals surface area (Å²) in [4.78, 5) is 29.9. The maximum Gasteiger partial charge on any atom is 0.251 e. The summed E-state index contributed by atoms with van der Waals surface area (Å²) < 4.78 is 18.9. The molecule has 2 fully saturated rings. The molecule has 32 heavy (non-hydrogen) atoms. The van der Waals surface area contributed by atoms with Crippen molar-refractivity contribution in [3.05, 3.63) is 72.6 Å². The summed E-state index contributed by atoms with van der Waals surface area (Å²) in [6, 6.07) is 14.3. The predicted octanol–water partition coefficient (Wildman–Crippen LogP) is 3.69. The molecule has 2 aliphatic rings. The third-order valence-electron chi connectivity index (χ3n) is 6.19. The van der Waals surface area contributed by atoms with Gasteiger partial charge in [0.1, 0.15) is 11.9 Å². The van der Waals surface area contributed by atoms with Crippen LogP contribution < -0.4 is 0 Å². The summed E-state index contributed by atoms with van der Waals surface area (Å²) in [5, 5.41) is 0. The standard InChI is InChI=1S/C26H29FN2O3/c1-2-12-28-13-14-29(26(31)24-7-4-15-32-24)18-22(25(28)30)17-19-5-3-6-21(16-19)20-8-10-23(27)11-9-20/h2-3,5-6,8-11,16,22,24H,1,4,7,12-15,17-18H2. The fourth-order valence-electron chi connectivity index (χ4n) is 4.52. The van der Waals surface area contributed by atoms with Gasteiger partial charge in [0.05, 0.1) is 5.92 Å². The van der Waals surface area contributed by atoms with E-state index in [1.165, 1.54) is 12.1 Å². The van der Waals surface area contributed by atoms with Crippen LogP contribution in [-0.4, -0.2) is 60.5 Å². The molecule has 2 heterocycles. The van der Waals surface area contributed by atoms with Crippen molar-refractivity contribution in [2.75, 3.05) is 32.8 Å². The number of nitrogens with zero attached hydrogens (tertiary/aromatic N) is 2. The second kappa shape index (κ2) is 10.1. The van der Waals surface area contributed by atoms with Gasteiger partial charge < -0.3 is 14.5 Å². The highest BCUT2D eigenvalue weighted by Gasteiger charge is 2.35. The molecule has 2 saturated heterocycles. The predicted molar refractivity (Wildman–Crippen MR) is 121 cm³/mol. The van der Waals surface area contributed by atoms with Crippen LogP contribution in [0, 0.1) is 11.7 Å². The molecular weight excluding hydrogens is 407 g/mol. The van der Waals surface area contributed by atoms with Crippen LogP contribution in [0.2, 0.25) is 0 Å². The van der Waals surface area contributed by atoms with Gasteiger partial charge in [0.25, 0.3) is 5.91 Å². The Labute approximate surface area is 188 Å². The smallest absolute Gasteiger partial charge is 0.251 e. The second-order valence-corrected chi connectivity index (χ2v) is 8.47. The maximum absolute atomic E-state index is 13.3. The lowest BCUT2D eigenvalue weighted by atomic mass is 9.94. The number of rotatable bonds is 6. The lowest BCUT2D eigenvalue weighted by Crippen LogP contribution is -2.42. The van der Waals surface area contributed by atoms with E-state index < -0.39 is 6.10 Å². The van der Waals surface area contributed by atoms with Gasteiger partial charge in [-0.05, 0) is 48.1 Å². The summed E-state index contributed by atoms with van der Waals surface area (Å²) in [5.41, 5.74) is 2.90. The van der Waals surface area contributed by atoms with Crippen LogP contribution in [0.3, 0.4) is 0 Å². The van der Waals surface area contributed by atoms with Gasteiger partial charge in [-0.15, -0.1) is 6.58 Å². The molecule has 6 heteroatoms. The molecular formula is C26H29FN2O3. The van der Waals surface area contributed by atoms with Gasteiger partial charge in [0.2, 0.25) is 5.91 Å². The number of carbonyl (C=O) groups is 2. The van der Waals surface area contributed by atoms with E-state index in [9.17, 15) is 14.0 Å². The van der Waals surface area contributed by atoms with Gasteiger partial charge in [-0.2, -0.15) is 0 Å². The van der Waals surface area contributed by atoms with E-state index in [1.807, 2.05) is 24.3 Å². The molecule has 0 aromatic heterocycles. The first-order valence-electron chi connectivity index (χ1n) is 11.2. The lowest BCUT2D eigenvalue weighted by molar-refractivity contribution is -0.141. The minimum Gasteiger partial charge on any atom is -0.368 e. The third kappa shape index (κ3) is 5.07. The average molecular weight is 437 g/mol. The molecule has 2 amide bonds. The second-order valence-electron chi connectivity index (χ2n) is 8.47. The van der Waals surface area contributed by atoms with E-state index in [4.69, 9.17) is 4.74 Å². The van der Waals surface area contributed by atoms with Gasteiger partial charge in [0, 0.05) is 32.8 Å². The molecule has 0 aliphatic carbocycles. The Kier molecular flexibility index (Phi) is 7.00. The van der Waals surface area contributed by atoms with Gasteiger partial charge in [-0.3, -0.25) is 9.59 Å². The minimum absolute atomic E-state index is 0.0131. The van der Waals surface area contributed by atoms with Crippen LogP contribution in [-0.2, 0) is 20.7 Å². The van der Waals surface area contributed by atoms with Crippen LogP contribution in [0.25, 0.3) is 11.1 Å². The number of amides is 2. The Morgan fingerprint density at radius 1 is 1.16 bits per heavy atom. The van der Waals surface area contributed by atoms with Crippen LogP contribution in [0.1, 0.15) is 18.4 Å². The summed E-state index contributed by atoms with van der Waals surface area (Å²) in [6.07, 6.45) is 3.49. The normalized spacial score (nSPS) is 21.5. The fraction of sp³-hybridized carbons (Fsp3) is 0.385. The molecule has 168 valence electrons. The van der Waals surface area contributed by atoms with Crippen molar-refractivity contribution in [2.45, 2.75) is 25.4 Å². The molecule has 0 saturated carbocycles. The molecule has 0 N–H and O–H groups in total. The molecule has 4 rings (SSSR count). The molecule has 0 spiro atoms. The highest BCUT2D eigenvalue weighted by molar-refractivity contribution is 5.84. The number of carbonyl (C=O) groups excluding carboxylic acids is 2. The van der Waals surface area contributed by atoms with Crippen molar-refractivity contribution in [3.63, 3.8) is 0 Å². The van der Waals surface area contributed by atoms with Crippen LogP contribution >= 0.6 is 0 Å². The van der Waals surface area contributed by atoms with Gasteiger partial charge >= 0.3 is 0 Å². The van der Waals surface area contributed by atoms with E-state index in [0.29, 0.717) is 39.2 Å². The summed E-state index contributed by atoms with van der Waals surface area (Å²) >= 11 is 0. The highest BCUT2D eigenvalue weighted by atomic mass is 19.1. The Bertz CT molecular complexity index is 969. The summed E-state index contributed by atoms with van der Waals surface area (Å²) in [7, 11) is 0. The third-order valence-corrected chi connectivity index (χ3v) is 6.19. The monoisotopic (exact) mass is 436 g/mol. The fourth-order valence-corrected chi connectivity index (χ4v) is 4.52. The maximum atomic E-state index is 13.3. The van der Waals surface area contributed by atoms with E-state index in [0.717, 1.165) is 29.5 Å². The molecule has 2 aliphatic heterocycles. The highest BCUT2D eigenvalue weighted by Crippen LogP contribution is 2.25. The van der Waals surface area contributed by atoms with E-state index in [1.54, 1.807) is 28.0 Å². The number of benzene rings is 2. The Balaban J connectivity index is 1.55. The Morgan fingerprint density at radius 3 is 2.69 bits per heavy atom. The zero-order chi connectivity index (χ0) is 22.5. The van der Waals surface area contributed by atoms with E-state index >= 15 is 0 Å². The topological polar surface area (TPSA) is 49.9 Å². The molecule has 0 bridgehead atoms. The molecule has 2 aromatic carbocycles. The molecule has 2 atom stereocenters. The quantitative estimate of drug-likeness (QED) is 0.649. The molecule has 2 aromatic rings. The van der Waals surface area contributed by atoms with Crippen molar-refractivity contribution in [2.24, 2.45) is 5.92 Å². The van der Waals surface area contributed by atoms with Crippen molar-refractivity contribution < 1.29 is 18.7 Å². The van der Waals surface area contributed by atoms with Crippen LogP contribution in [0.4, 0.5) is 4.39 Å². The first-order valence-corrected chi connectivity index (χ1v) is 11.2. The number of hydrogen-bond acceptors (Lipinski definition) is 3. The van der Waals surface area contributed by atoms with E-state index in [-0.39, 0.29) is 23.5 Å². The largest absolute Gasteiger partial charge is 0.368 e. The zero-order valence-corrected chi connectivity index (χ0v) is 18.2. The Hall–Kier alpha value is -2.99. The molecule has 2 unspecified atom stereocenters. The van der Waals surface area contributed by atoms with Crippen molar-refractivity contribution in [1.29, 1.82) is 0 Å². The van der Waals surface area contributed by atoms with Crippen LogP contribution in [0.15, 0.2) is 61.2 Å². The van der Waals surface area contributed by atoms with E-state index in [2.05, 4.69) is 6.58 Å². The van der Waals surface area contributed by atoms with Gasteiger partial charge in [-0.25, -0.2) is 4.39 Å². The number of ether oxygens (including phenoxy) is 1. The Morgan fingerprint density at radius 2 is 1.97 bits per heavy atom. The van der Waals surface area contributed by atoms with Crippen molar-refractivity contribution >= 4 is 11.8 Å². The van der Waals surface area contributed by atoms with Crippen molar-refractivity contribution in [1.82, 2.24) is 9.80 Å². The number of halogens is 1.